The van der Waals surface area contributed by atoms with Crippen LogP contribution in [0.2, 0.25) is 10.3 Å². The molecule has 53 heavy (non-hydrogen) atoms. The van der Waals surface area contributed by atoms with Gasteiger partial charge in [-0.2, -0.15) is 69.8 Å². The molecule has 0 unspecified atom stereocenters. The number of carboxylic acids is 1. The van der Waals surface area contributed by atoms with E-state index in [9.17, 15) is 79.2 Å². The smallest absolute Gasteiger partial charge is 0.478 e. The summed E-state index contributed by atoms with van der Waals surface area (Å²) in [6, 6.07) is 7.92. The van der Waals surface area contributed by atoms with Crippen LogP contribution in [0.3, 0.4) is 0 Å². The summed E-state index contributed by atoms with van der Waals surface area (Å²) in [5.41, 5.74) is -20.0. The lowest BCUT2D eigenvalue weighted by atomic mass is 10.2. The van der Waals surface area contributed by atoms with Gasteiger partial charge in [-0.25, -0.2) is 4.79 Å². The molecule has 2 N–H and O–H groups in total. The quantitative estimate of drug-likeness (QED) is 0.135. The first-order valence-corrected chi connectivity index (χ1v) is 17.3. The van der Waals surface area contributed by atoms with E-state index in [0.29, 0.717) is 12.1 Å². The van der Waals surface area contributed by atoms with Crippen molar-refractivity contribution >= 4 is 70.9 Å². The van der Waals surface area contributed by atoms with Gasteiger partial charge in [0.1, 0.15) is 10.3 Å². The fourth-order valence-corrected chi connectivity index (χ4v) is 6.37. The highest BCUT2D eigenvalue weighted by molar-refractivity contribution is 8.11. The van der Waals surface area contributed by atoms with E-state index in [2.05, 4.69) is 14.2 Å². The number of hydrogen-bond acceptors (Lipinski definition) is 11. The highest BCUT2D eigenvalue weighted by Crippen LogP contribution is 2.38. The lowest BCUT2D eigenvalue weighted by Crippen LogP contribution is -2.49. The predicted molar refractivity (Wildman–Crippen MR) is 168 cm³/mol. The number of amides is 1. The van der Waals surface area contributed by atoms with E-state index in [1.807, 2.05) is 0 Å². The molecule has 2 heterocycles. The summed E-state index contributed by atoms with van der Waals surface area (Å²) in [4.78, 5) is 39.0. The summed E-state index contributed by atoms with van der Waals surface area (Å²) in [7, 11) is -16.6. The van der Waals surface area contributed by atoms with Gasteiger partial charge < -0.3 is 19.2 Å². The number of carboxylic acid groups (broad SMARTS) is 1. The molecule has 2 aromatic heterocycles. The first-order valence-electron chi connectivity index (χ1n) is 12.3. The number of H-pyrrole nitrogens is 1. The number of alkyl halides is 9. The van der Waals surface area contributed by atoms with Gasteiger partial charge >= 0.3 is 52.7 Å². The Labute approximate surface area is 302 Å². The Morgan fingerprint density at radius 3 is 1.57 bits per heavy atom. The third kappa shape index (κ3) is 12.4. The minimum Gasteiger partial charge on any atom is -0.478 e. The minimum atomic E-state index is -6.81. The average molecular weight is 880 g/mol. The molecule has 0 spiro atoms. The molecule has 29 heteroatoms. The number of sulfonamides is 2. The number of nitrogens with zero attached hydrogens (tertiary/aromatic N) is 3. The summed E-state index contributed by atoms with van der Waals surface area (Å²) in [5.74, 6) is -2.60. The van der Waals surface area contributed by atoms with Gasteiger partial charge in [0.05, 0.1) is 16.8 Å². The van der Waals surface area contributed by atoms with Gasteiger partial charge in [0.15, 0.2) is 0 Å². The first-order chi connectivity index (χ1) is 23.3. The molecule has 15 nitrogen and oxygen atoms in total. The second-order valence-electron chi connectivity index (χ2n) is 8.96. The maximum Gasteiger partial charge on any atom is 0.534 e. The number of para-hydroxylation sites is 1. The predicted octanol–water partition coefficient (Wildman–Crippen LogP) is 5.22. The number of nitrogens with one attached hydrogen (secondary N) is 1. The molecule has 0 bridgehead atoms. The van der Waals surface area contributed by atoms with Gasteiger partial charge in [-0.05, 0) is 24.3 Å². The van der Waals surface area contributed by atoms with Crippen molar-refractivity contribution in [1.29, 1.82) is 0 Å². The SMILES string of the molecule is C.CN(C)C(=O)c1ccc(OS(=O)(=O)C(F)(F)F)nc1Cl.O=C(O)c1ccc(=O)[nH]c1Cl.O=S(=O)(N(c1ccccc1)S(=O)(=O)C(F)(F)F)C(F)(F)F. The normalized spacial score (nSPS) is 12.1. The second-order valence-corrected chi connectivity index (χ2v) is 15.0. The van der Waals surface area contributed by atoms with Crippen LogP contribution in [-0.4, -0.2) is 87.7 Å². The zero-order chi connectivity index (χ0) is 40.8. The molecule has 1 aromatic carbocycles. The number of carbonyl (C=O) groups is 2. The molecule has 0 aliphatic heterocycles. The Morgan fingerprint density at radius 2 is 1.21 bits per heavy atom. The van der Waals surface area contributed by atoms with Crippen LogP contribution in [0.5, 0.6) is 5.88 Å². The van der Waals surface area contributed by atoms with Gasteiger partial charge in [0.2, 0.25) is 11.4 Å². The number of aromatic carboxylic acids is 1. The third-order valence-electron chi connectivity index (χ3n) is 5.03. The number of carbonyl (C=O) groups excluding carboxylic acids is 1. The summed E-state index contributed by atoms with van der Waals surface area (Å²) in [5, 5.41) is 7.83. The van der Waals surface area contributed by atoms with Crippen LogP contribution in [-0.2, 0) is 30.2 Å². The number of rotatable bonds is 7. The number of anilines is 1. The first kappa shape index (κ1) is 48.7. The van der Waals surface area contributed by atoms with E-state index < -0.39 is 84.6 Å². The number of benzene rings is 1. The second kappa shape index (κ2) is 17.7. The van der Waals surface area contributed by atoms with Crippen molar-refractivity contribution in [2.45, 2.75) is 24.0 Å². The molecule has 0 atom stereocenters. The van der Waals surface area contributed by atoms with E-state index >= 15 is 0 Å². The number of aromatic amines is 1. The maximum atomic E-state index is 12.4. The number of aromatic nitrogens is 2. The van der Waals surface area contributed by atoms with Crippen LogP contribution in [0.4, 0.5) is 45.2 Å². The number of pyridine rings is 2. The van der Waals surface area contributed by atoms with Gasteiger partial charge in [-0.15, -0.1) is 3.71 Å². The number of halogens is 11. The third-order valence-corrected chi connectivity index (χ3v) is 10.2. The van der Waals surface area contributed by atoms with Crippen LogP contribution in [0.25, 0.3) is 0 Å². The fourth-order valence-electron chi connectivity index (χ4n) is 2.78. The molecule has 3 rings (SSSR count). The molecule has 0 fully saturated rings. The van der Waals surface area contributed by atoms with E-state index in [0.717, 1.165) is 47.4 Å². The van der Waals surface area contributed by atoms with Crippen LogP contribution in [0.1, 0.15) is 28.1 Å². The Kier molecular flexibility index (Phi) is 16.2. The van der Waals surface area contributed by atoms with E-state index in [4.69, 9.17) is 28.3 Å². The highest BCUT2D eigenvalue weighted by atomic mass is 35.5. The van der Waals surface area contributed by atoms with Crippen molar-refractivity contribution in [2.75, 3.05) is 17.8 Å². The zero-order valence-electron chi connectivity index (χ0n) is 24.9. The lowest BCUT2D eigenvalue weighted by molar-refractivity contribution is -0.0502. The Hall–Kier alpha value is -4.34. The van der Waals surface area contributed by atoms with E-state index in [1.165, 1.54) is 14.1 Å². The van der Waals surface area contributed by atoms with Gasteiger partial charge in [0.25, 0.3) is 5.91 Å². The van der Waals surface area contributed by atoms with Gasteiger partial charge in [-0.1, -0.05) is 48.8 Å². The molecule has 0 saturated carbocycles. The fraction of sp³-hybridized carbons (Fsp3) is 0.250. The maximum absolute atomic E-state index is 12.4. The molecule has 1 amide bonds. The summed E-state index contributed by atoms with van der Waals surface area (Å²) in [6.07, 6.45) is 0. The Bertz CT molecular complexity index is 2120. The van der Waals surface area contributed by atoms with Crippen molar-refractivity contribution < 1.29 is 83.6 Å². The largest absolute Gasteiger partial charge is 0.534 e. The minimum absolute atomic E-state index is 0. The van der Waals surface area contributed by atoms with Crippen molar-refractivity contribution in [3.05, 3.63) is 86.4 Å². The van der Waals surface area contributed by atoms with E-state index in [1.54, 1.807) is 0 Å². The van der Waals surface area contributed by atoms with Gasteiger partial charge in [-0.3, -0.25) is 9.59 Å². The Balaban J connectivity index is 0.000000793. The standard InChI is InChI=1S/C9H8ClF3N2O4S.C8H5F6NO4S2.C6H4ClNO3.CH4/c1-15(2)8(16)5-3-4-6(14-7(5)10)19-20(17,18)9(11,12)13;9-7(10,11)20(16,17)15(6-4-2-1-3-5-6)21(18,19)8(12,13)14;7-5-3(6(10)11)1-2-4(9)8-5;/h3-4H,1-2H3;1-5H;1-2H,(H,8,9)(H,10,11);1H4. The van der Waals surface area contributed by atoms with Crippen molar-refractivity contribution in [1.82, 2.24) is 14.9 Å². The van der Waals surface area contributed by atoms with Crippen LogP contribution >= 0.6 is 23.2 Å². The molecule has 298 valence electrons. The van der Waals surface area contributed by atoms with Crippen LogP contribution in [0, 0.1) is 0 Å². The molecular formula is C24H21Cl2F9N4O11S3. The van der Waals surface area contributed by atoms with Crippen LogP contribution < -0.4 is 13.5 Å². The molecule has 0 aliphatic rings. The van der Waals surface area contributed by atoms with Gasteiger partial charge in [0, 0.05) is 26.2 Å². The van der Waals surface area contributed by atoms with Crippen molar-refractivity contribution in [3.63, 3.8) is 0 Å². The highest BCUT2D eigenvalue weighted by Gasteiger charge is 2.61. The summed E-state index contributed by atoms with van der Waals surface area (Å²) >= 11 is 11.0. The lowest BCUT2D eigenvalue weighted by Gasteiger charge is -2.25. The molecule has 0 saturated heterocycles. The number of hydrogen-bond donors (Lipinski definition) is 2. The molecular weight excluding hydrogens is 858 g/mol. The summed E-state index contributed by atoms with van der Waals surface area (Å²) in [6.45, 7) is 0. The Morgan fingerprint density at radius 1 is 0.755 bits per heavy atom. The van der Waals surface area contributed by atoms with E-state index in [-0.39, 0.29) is 23.7 Å². The molecule has 3 aromatic rings. The van der Waals surface area contributed by atoms with Crippen LogP contribution in [0.15, 0.2) is 59.4 Å². The summed E-state index contributed by atoms with van der Waals surface area (Å²) < 4.78 is 179. The topological polar surface area (TPSA) is 218 Å². The zero-order valence-corrected chi connectivity index (χ0v) is 28.9. The molecule has 0 radical (unpaired) electrons. The average Bonchev–Trinajstić information content (AvgIpc) is 2.96. The van der Waals surface area contributed by atoms with Crippen molar-refractivity contribution in [2.24, 2.45) is 0 Å². The molecule has 0 aliphatic carbocycles. The monoisotopic (exact) mass is 878 g/mol. The van der Waals surface area contributed by atoms with Crippen molar-refractivity contribution in [3.8, 4) is 5.88 Å².